The molecule has 3 aromatic rings. The molecular weight excluding hydrogens is 366 g/mol. The fourth-order valence-electron chi connectivity index (χ4n) is 2.44. The van der Waals surface area contributed by atoms with E-state index < -0.39 is 11.7 Å². The lowest BCUT2D eigenvalue weighted by Gasteiger charge is -2.09. The van der Waals surface area contributed by atoms with Crippen molar-refractivity contribution in [2.45, 2.75) is 13.8 Å². The van der Waals surface area contributed by atoms with E-state index in [-0.39, 0.29) is 22.7 Å². The summed E-state index contributed by atoms with van der Waals surface area (Å²) in [5, 5.41) is 7.10. The predicted octanol–water partition coefficient (Wildman–Crippen LogP) is 5.66. The first-order valence-electron chi connectivity index (χ1n) is 7.36. The molecule has 1 heterocycles. The summed E-state index contributed by atoms with van der Waals surface area (Å²) in [5.74, 6) is -0.816. The van der Waals surface area contributed by atoms with Gasteiger partial charge in [0.1, 0.15) is 22.8 Å². The zero-order chi connectivity index (χ0) is 18.1. The second kappa shape index (κ2) is 6.86. The molecule has 1 aromatic heterocycles. The van der Waals surface area contributed by atoms with Crippen LogP contribution < -0.4 is 5.32 Å². The van der Waals surface area contributed by atoms with E-state index in [0.717, 1.165) is 5.56 Å². The lowest BCUT2D eigenvalue weighted by atomic mass is 10.1. The summed E-state index contributed by atoms with van der Waals surface area (Å²) in [4.78, 5) is 12.7. The third-order valence-electron chi connectivity index (χ3n) is 3.66. The average Bonchev–Trinajstić information content (AvgIpc) is 2.91. The van der Waals surface area contributed by atoms with Gasteiger partial charge in [0.15, 0.2) is 0 Å². The van der Waals surface area contributed by atoms with Gasteiger partial charge in [-0.3, -0.25) is 4.79 Å². The maximum absolute atomic E-state index is 14.0. The van der Waals surface area contributed by atoms with Crippen LogP contribution in [0.2, 0.25) is 10.0 Å². The van der Waals surface area contributed by atoms with Gasteiger partial charge < -0.3 is 9.84 Å². The van der Waals surface area contributed by atoms with E-state index in [0.29, 0.717) is 15.6 Å². The van der Waals surface area contributed by atoms with Crippen molar-refractivity contribution in [3.05, 3.63) is 69.1 Å². The van der Waals surface area contributed by atoms with E-state index >= 15 is 0 Å². The van der Waals surface area contributed by atoms with Gasteiger partial charge in [-0.2, -0.15) is 0 Å². The fourth-order valence-corrected chi connectivity index (χ4v) is 3.02. The predicted molar refractivity (Wildman–Crippen MR) is 95.8 cm³/mol. The van der Waals surface area contributed by atoms with E-state index in [2.05, 4.69) is 10.5 Å². The highest BCUT2D eigenvalue weighted by molar-refractivity contribution is 6.39. The highest BCUT2D eigenvalue weighted by atomic mass is 35.5. The number of nitrogens with zero attached hydrogens (tertiary/aromatic N) is 1. The quantitative estimate of drug-likeness (QED) is 0.639. The van der Waals surface area contributed by atoms with Crippen LogP contribution in [0, 0.1) is 19.7 Å². The Balaban J connectivity index is 2.03. The Morgan fingerprint density at radius 1 is 1.16 bits per heavy atom. The summed E-state index contributed by atoms with van der Waals surface area (Å²) in [6.45, 7) is 3.35. The number of aromatic nitrogens is 1. The maximum atomic E-state index is 14.0. The van der Waals surface area contributed by atoms with Crippen molar-refractivity contribution in [2.75, 3.05) is 5.32 Å². The van der Waals surface area contributed by atoms with Crippen molar-refractivity contribution < 1.29 is 13.7 Å². The van der Waals surface area contributed by atoms with Crippen LogP contribution in [-0.2, 0) is 0 Å². The minimum Gasteiger partial charge on any atom is -0.360 e. The van der Waals surface area contributed by atoms with Crippen molar-refractivity contribution in [3.8, 4) is 11.3 Å². The van der Waals surface area contributed by atoms with Gasteiger partial charge in [-0.05, 0) is 43.7 Å². The molecular formula is C18H13Cl2FN2O2. The van der Waals surface area contributed by atoms with E-state index in [1.54, 1.807) is 38.1 Å². The van der Waals surface area contributed by atoms with Gasteiger partial charge in [0.05, 0.1) is 15.7 Å². The molecule has 0 unspecified atom stereocenters. The number of rotatable bonds is 3. The number of nitrogens with one attached hydrogen (secondary N) is 1. The zero-order valence-corrected chi connectivity index (χ0v) is 14.9. The van der Waals surface area contributed by atoms with Crippen LogP contribution in [0.4, 0.5) is 10.1 Å². The van der Waals surface area contributed by atoms with Crippen LogP contribution in [0.25, 0.3) is 11.3 Å². The average molecular weight is 379 g/mol. The molecule has 0 spiro atoms. The summed E-state index contributed by atoms with van der Waals surface area (Å²) >= 11 is 12.4. The smallest absolute Gasteiger partial charge is 0.261 e. The second-order valence-electron chi connectivity index (χ2n) is 5.50. The van der Waals surface area contributed by atoms with Gasteiger partial charge >= 0.3 is 0 Å². The third kappa shape index (κ3) is 3.38. The van der Waals surface area contributed by atoms with Crippen molar-refractivity contribution in [1.82, 2.24) is 5.16 Å². The van der Waals surface area contributed by atoms with E-state index in [1.807, 2.05) is 0 Å². The highest BCUT2D eigenvalue weighted by Crippen LogP contribution is 2.37. The fraction of sp³-hybridized carbons (Fsp3) is 0.111. The summed E-state index contributed by atoms with van der Waals surface area (Å²) in [7, 11) is 0. The Morgan fingerprint density at radius 2 is 1.84 bits per heavy atom. The summed E-state index contributed by atoms with van der Waals surface area (Å²) in [6, 6.07) is 9.48. The number of anilines is 1. The van der Waals surface area contributed by atoms with Crippen molar-refractivity contribution in [3.63, 3.8) is 0 Å². The topological polar surface area (TPSA) is 55.1 Å². The first-order valence-corrected chi connectivity index (χ1v) is 8.12. The van der Waals surface area contributed by atoms with Crippen LogP contribution >= 0.6 is 23.2 Å². The Hall–Kier alpha value is -2.37. The molecule has 0 radical (unpaired) electrons. The van der Waals surface area contributed by atoms with Crippen molar-refractivity contribution >= 4 is 34.8 Å². The molecule has 0 saturated heterocycles. The van der Waals surface area contributed by atoms with Crippen LogP contribution in [0.5, 0.6) is 0 Å². The van der Waals surface area contributed by atoms with Gasteiger partial charge in [-0.15, -0.1) is 0 Å². The first kappa shape index (κ1) is 17.5. The summed E-state index contributed by atoms with van der Waals surface area (Å²) < 4.78 is 19.2. The molecule has 2 aromatic carbocycles. The SMILES string of the molecule is Cc1ccc(NC(=O)c2c(-c3c(Cl)cccc3Cl)noc2C)c(F)c1. The largest absolute Gasteiger partial charge is 0.360 e. The number of hydrogen-bond acceptors (Lipinski definition) is 3. The standard InChI is InChI=1S/C18H13Cl2FN2O2/c1-9-6-7-14(13(21)8-9)22-18(24)15-10(2)25-23-17(15)16-11(19)4-3-5-12(16)20/h3-8H,1-2H3,(H,22,24). The normalized spacial score (nSPS) is 10.8. The van der Waals surface area contributed by atoms with Crippen LogP contribution in [-0.4, -0.2) is 11.1 Å². The molecule has 25 heavy (non-hydrogen) atoms. The molecule has 0 atom stereocenters. The Morgan fingerprint density at radius 3 is 2.48 bits per heavy atom. The Labute approximate surface area is 153 Å². The molecule has 0 aliphatic carbocycles. The van der Waals surface area contributed by atoms with E-state index in [4.69, 9.17) is 27.7 Å². The van der Waals surface area contributed by atoms with Gasteiger partial charge in [0.25, 0.3) is 5.91 Å². The molecule has 4 nitrogen and oxygen atoms in total. The number of benzene rings is 2. The van der Waals surface area contributed by atoms with Gasteiger partial charge in [-0.1, -0.05) is 40.5 Å². The molecule has 1 N–H and O–H groups in total. The number of aryl methyl sites for hydroxylation is 2. The molecule has 3 rings (SSSR count). The monoisotopic (exact) mass is 378 g/mol. The molecule has 0 bridgehead atoms. The Kier molecular flexibility index (Phi) is 4.79. The molecule has 0 saturated carbocycles. The van der Waals surface area contributed by atoms with Crippen LogP contribution in [0.15, 0.2) is 40.9 Å². The lowest BCUT2D eigenvalue weighted by molar-refractivity contribution is 0.102. The number of halogens is 3. The Bertz CT molecular complexity index is 949. The maximum Gasteiger partial charge on any atom is 0.261 e. The third-order valence-corrected chi connectivity index (χ3v) is 4.29. The molecule has 0 aliphatic rings. The van der Waals surface area contributed by atoms with Gasteiger partial charge in [0.2, 0.25) is 0 Å². The minimum absolute atomic E-state index is 0.0624. The van der Waals surface area contributed by atoms with E-state index in [9.17, 15) is 9.18 Å². The number of carbonyl (C=O) groups excluding carboxylic acids is 1. The highest BCUT2D eigenvalue weighted by Gasteiger charge is 2.25. The number of hydrogen-bond donors (Lipinski definition) is 1. The first-order chi connectivity index (χ1) is 11.9. The van der Waals surface area contributed by atoms with Crippen LogP contribution in [0.3, 0.4) is 0 Å². The zero-order valence-electron chi connectivity index (χ0n) is 13.4. The summed E-state index contributed by atoms with van der Waals surface area (Å²) in [5.41, 5.74) is 1.55. The van der Waals surface area contributed by atoms with Crippen molar-refractivity contribution in [2.24, 2.45) is 0 Å². The van der Waals surface area contributed by atoms with Gasteiger partial charge in [0, 0.05) is 5.56 Å². The number of carbonyl (C=O) groups is 1. The van der Waals surface area contributed by atoms with Crippen LogP contribution in [0.1, 0.15) is 21.7 Å². The van der Waals surface area contributed by atoms with Gasteiger partial charge in [-0.25, -0.2) is 4.39 Å². The molecule has 0 aliphatic heterocycles. The second-order valence-corrected chi connectivity index (χ2v) is 6.31. The number of amides is 1. The summed E-state index contributed by atoms with van der Waals surface area (Å²) in [6.07, 6.45) is 0. The molecule has 0 fully saturated rings. The minimum atomic E-state index is -0.563. The molecule has 1 amide bonds. The molecule has 128 valence electrons. The lowest BCUT2D eigenvalue weighted by Crippen LogP contribution is -2.14. The molecule has 7 heteroatoms. The van der Waals surface area contributed by atoms with E-state index in [1.165, 1.54) is 12.1 Å². The van der Waals surface area contributed by atoms with Crippen molar-refractivity contribution in [1.29, 1.82) is 0 Å².